The van der Waals surface area contributed by atoms with Gasteiger partial charge in [-0.25, -0.2) is 4.57 Å². The molecule has 2 atom stereocenters. The molecule has 0 aromatic carbocycles. The third-order valence-corrected chi connectivity index (χ3v) is 9.81. The summed E-state index contributed by atoms with van der Waals surface area (Å²) >= 11 is 0. The van der Waals surface area contributed by atoms with Crippen LogP contribution in [-0.2, 0) is 27.9 Å². The Labute approximate surface area is 318 Å². The predicted octanol–water partition coefficient (Wildman–Crippen LogP) is 11.4. The van der Waals surface area contributed by atoms with Crippen LogP contribution in [0.4, 0.5) is 0 Å². The van der Waals surface area contributed by atoms with E-state index in [9.17, 15) is 24.2 Å². The molecular weight excluding hydrogens is 677 g/mol. The highest BCUT2D eigenvalue weighted by Gasteiger charge is 2.23. The summed E-state index contributed by atoms with van der Waals surface area (Å²) < 4.78 is 26.8. The monoisotopic (exact) mass is 756 g/mol. The predicted molar refractivity (Wildman–Crippen MR) is 215 cm³/mol. The molecule has 0 aliphatic carbocycles. The lowest BCUT2D eigenvalue weighted by Gasteiger charge is -2.15. The lowest BCUT2D eigenvalue weighted by molar-refractivity contribution is -0.147. The fraction of sp³-hybridized carbons (Fsp3) is 0.810. The molecule has 3 N–H and O–H groups in total. The van der Waals surface area contributed by atoms with Crippen LogP contribution in [0.5, 0.6) is 0 Å². The molecule has 0 rings (SSSR count). The van der Waals surface area contributed by atoms with Gasteiger partial charge in [0.1, 0.15) is 12.7 Å². The van der Waals surface area contributed by atoms with Gasteiger partial charge in [-0.2, -0.15) is 0 Å². The van der Waals surface area contributed by atoms with Crippen molar-refractivity contribution in [3.05, 3.63) is 36.5 Å². The van der Waals surface area contributed by atoms with Crippen LogP contribution in [0.15, 0.2) is 36.5 Å². The molecule has 0 radical (unpaired) electrons. The highest BCUT2D eigenvalue weighted by Crippen LogP contribution is 2.42. The number of ether oxygens (including phenoxy) is 1. The number of hydrogen-bond donors (Lipinski definition) is 3. The number of unbranched alkanes of at least 4 members (excludes halogenated alkanes) is 20. The molecule has 10 heteroatoms. The molecule has 0 bridgehead atoms. The quantitative estimate of drug-likeness (QED) is 0.0244. The van der Waals surface area contributed by atoms with E-state index in [1.54, 1.807) is 0 Å². The van der Waals surface area contributed by atoms with E-state index in [0.29, 0.717) is 6.42 Å². The van der Waals surface area contributed by atoms with Gasteiger partial charge in [-0.05, 0) is 51.4 Å². The molecule has 1 amide bonds. The second kappa shape index (κ2) is 38.9. The number of hydrogen-bond acceptors (Lipinski definition) is 7. The Balaban J connectivity index is 3.63. The third kappa shape index (κ3) is 39.4. The first kappa shape index (κ1) is 50.2. The number of carbonyl (C=O) groups is 2. The lowest BCUT2D eigenvalue weighted by atomic mass is 10.0. The van der Waals surface area contributed by atoms with Gasteiger partial charge in [0, 0.05) is 19.4 Å². The largest absolute Gasteiger partial charge is 0.472 e. The molecule has 0 aliphatic heterocycles. The van der Waals surface area contributed by atoms with Gasteiger partial charge in [-0.3, -0.25) is 18.6 Å². The number of aliphatic hydroxyl groups is 1. The van der Waals surface area contributed by atoms with E-state index in [0.717, 1.165) is 64.2 Å². The number of amides is 1. The van der Waals surface area contributed by atoms with E-state index >= 15 is 0 Å². The average Bonchev–Trinajstić information content (AvgIpc) is 3.13. The smallest absolute Gasteiger partial charge is 0.463 e. The maximum Gasteiger partial charge on any atom is 0.472 e. The Morgan fingerprint density at radius 3 is 1.60 bits per heavy atom. The SMILES string of the molecule is CCCCC/C=C\C/C=C\C/C=C\CCCCCCCCC(=O)OCC(O)COP(=O)(O)OCCNC(=O)CCCCCCCCCCCCCC. The van der Waals surface area contributed by atoms with Crippen molar-refractivity contribution >= 4 is 19.7 Å². The molecule has 0 aromatic rings. The highest BCUT2D eigenvalue weighted by molar-refractivity contribution is 7.47. The first-order valence-electron chi connectivity index (χ1n) is 21.0. The molecule has 0 heterocycles. The van der Waals surface area contributed by atoms with Gasteiger partial charge >= 0.3 is 13.8 Å². The molecule has 304 valence electrons. The van der Waals surface area contributed by atoms with E-state index in [1.807, 2.05) is 0 Å². The average molecular weight is 756 g/mol. The third-order valence-electron chi connectivity index (χ3n) is 8.82. The first-order valence-corrected chi connectivity index (χ1v) is 22.5. The fourth-order valence-corrected chi connectivity index (χ4v) is 6.38. The van der Waals surface area contributed by atoms with Crippen LogP contribution in [0.1, 0.15) is 187 Å². The van der Waals surface area contributed by atoms with Crippen molar-refractivity contribution in [2.45, 2.75) is 193 Å². The van der Waals surface area contributed by atoms with Gasteiger partial charge < -0.3 is 20.1 Å². The van der Waals surface area contributed by atoms with Crippen LogP contribution >= 0.6 is 7.82 Å². The summed E-state index contributed by atoms with van der Waals surface area (Å²) in [6.45, 7) is 3.51. The molecule has 0 spiro atoms. The zero-order chi connectivity index (χ0) is 38.2. The second-order valence-electron chi connectivity index (χ2n) is 14.0. The number of carbonyl (C=O) groups excluding carboxylic acids is 2. The Morgan fingerprint density at radius 2 is 1.04 bits per heavy atom. The summed E-state index contributed by atoms with van der Waals surface area (Å²) in [6.07, 6.45) is 42.1. The van der Waals surface area contributed by atoms with Crippen molar-refractivity contribution in [1.82, 2.24) is 5.32 Å². The van der Waals surface area contributed by atoms with Gasteiger partial charge in [0.05, 0.1) is 13.2 Å². The fourth-order valence-electron chi connectivity index (χ4n) is 5.62. The number of rotatable bonds is 39. The van der Waals surface area contributed by atoms with Crippen LogP contribution in [0.2, 0.25) is 0 Å². The summed E-state index contributed by atoms with van der Waals surface area (Å²) in [5.41, 5.74) is 0. The maximum absolute atomic E-state index is 12.1. The molecular formula is C42H78NO8P. The van der Waals surface area contributed by atoms with Crippen LogP contribution in [-0.4, -0.2) is 54.3 Å². The van der Waals surface area contributed by atoms with Gasteiger partial charge in [0.2, 0.25) is 5.91 Å². The standard InChI is InChI=1S/C42H78NO8P/c1-3-5-7-9-11-13-15-17-18-19-20-21-22-23-25-27-29-31-33-35-42(46)49-38-40(44)39-51-52(47,48)50-37-36-43-41(45)34-32-30-28-26-24-16-14-12-10-8-6-4-2/h11,13,17-18,20-21,40,44H,3-10,12,14-16,19,22-39H2,1-2H3,(H,43,45)(H,47,48)/b13-11-,18-17-,21-20-. The minimum atomic E-state index is -4.41. The summed E-state index contributed by atoms with van der Waals surface area (Å²) in [5.74, 6) is -0.528. The molecule has 0 aliphatic rings. The van der Waals surface area contributed by atoms with Crippen molar-refractivity contribution in [1.29, 1.82) is 0 Å². The topological polar surface area (TPSA) is 131 Å². The Bertz CT molecular complexity index is 954. The van der Waals surface area contributed by atoms with Crippen molar-refractivity contribution in [3.8, 4) is 0 Å². The zero-order valence-electron chi connectivity index (χ0n) is 33.3. The van der Waals surface area contributed by atoms with Crippen LogP contribution in [0.25, 0.3) is 0 Å². The van der Waals surface area contributed by atoms with E-state index in [-0.39, 0.29) is 32.1 Å². The van der Waals surface area contributed by atoms with Gasteiger partial charge in [0.15, 0.2) is 0 Å². The maximum atomic E-state index is 12.1. The zero-order valence-corrected chi connectivity index (χ0v) is 34.1. The molecule has 9 nitrogen and oxygen atoms in total. The van der Waals surface area contributed by atoms with Crippen molar-refractivity contribution in [2.24, 2.45) is 0 Å². The molecule has 52 heavy (non-hydrogen) atoms. The van der Waals surface area contributed by atoms with Crippen molar-refractivity contribution < 1.29 is 37.9 Å². The highest BCUT2D eigenvalue weighted by atomic mass is 31.2. The molecule has 0 fully saturated rings. The van der Waals surface area contributed by atoms with Crippen molar-refractivity contribution in [2.75, 3.05) is 26.4 Å². The number of allylic oxidation sites excluding steroid dienone is 6. The normalized spacial score (nSPS) is 13.7. The number of nitrogens with one attached hydrogen (secondary N) is 1. The number of esters is 1. The van der Waals surface area contributed by atoms with E-state index in [2.05, 4.69) is 55.6 Å². The van der Waals surface area contributed by atoms with Gasteiger partial charge in [-0.1, -0.05) is 159 Å². The Morgan fingerprint density at radius 1 is 0.596 bits per heavy atom. The van der Waals surface area contributed by atoms with Crippen LogP contribution in [0.3, 0.4) is 0 Å². The van der Waals surface area contributed by atoms with Gasteiger partial charge in [-0.15, -0.1) is 0 Å². The van der Waals surface area contributed by atoms with E-state index < -0.39 is 26.5 Å². The number of phosphoric ester groups is 1. The molecule has 0 saturated carbocycles. The minimum absolute atomic E-state index is 0.0818. The van der Waals surface area contributed by atoms with Crippen LogP contribution in [0, 0.1) is 0 Å². The van der Waals surface area contributed by atoms with E-state index in [1.165, 1.54) is 96.3 Å². The second-order valence-corrected chi connectivity index (χ2v) is 15.4. The number of phosphoric acid groups is 1. The van der Waals surface area contributed by atoms with Gasteiger partial charge in [0.25, 0.3) is 0 Å². The molecule has 0 saturated heterocycles. The minimum Gasteiger partial charge on any atom is -0.463 e. The van der Waals surface area contributed by atoms with E-state index in [4.69, 9.17) is 13.8 Å². The first-order chi connectivity index (χ1) is 25.3. The van der Waals surface area contributed by atoms with Crippen molar-refractivity contribution in [3.63, 3.8) is 0 Å². The summed E-state index contributed by atoms with van der Waals surface area (Å²) in [4.78, 5) is 33.8. The lowest BCUT2D eigenvalue weighted by Crippen LogP contribution is -2.27. The summed E-state index contributed by atoms with van der Waals surface area (Å²) in [6, 6.07) is 0. The summed E-state index contributed by atoms with van der Waals surface area (Å²) in [7, 11) is -4.41. The summed E-state index contributed by atoms with van der Waals surface area (Å²) in [5, 5.41) is 12.7. The van der Waals surface area contributed by atoms with Crippen LogP contribution < -0.4 is 5.32 Å². The number of aliphatic hydroxyl groups excluding tert-OH is 1. The Kier molecular flexibility index (Phi) is 37.6. The molecule has 2 unspecified atom stereocenters. The molecule has 0 aromatic heterocycles. The Hall–Kier alpha value is -1.77.